The Morgan fingerprint density at radius 3 is 2.60 bits per heavy atom. The zero-order valence-electron chi connectivity index (χ0n) is 9.17. The van der Waals surface area contributed by atoms with Crippen LogP contribution in [0.15, 0.2) is 24.3 Å². The summed E-state index contributed by atoms with van der Waals surface area (Å²) in [4.78, 5) is 0. The first kappa shape index (κ1) is 12.1. The largest absolute Gasteiger partial charge is 0.330 e. The number of nitrogens with two attached hydrogens (primary N) is 1. The van der Waals surface area contributed by atoms with E-state index < -0.39 is 0 Å². The van der Waals surface area contributed by atoms with Crippen molar-refractivity contribution in [3.8, 4) is 0 Å². The number of benzene rings is 1. The van der Waals surface area contributed by atoms with Crippen molar-refractivity contribution in [2.24, 2.45) is 5.73 Å². The highest BCUT2D eigenvalue weighted by atomic mass is 19.1. The van der Waals surface area contributed by atoms with Crippen LogP contribution in [-0.2, 0) is 6.42 Å². The van der Waals surface area contributed by atoms with E-state index in [-0.39, 0.29) is 5.82 Å². The predicted octanol–water partition coefficient (Wildman–Crippen LogP) is 1.70. The van der Waals surface area contributed by atoms with E-state index in [4.69, 9.17) is 5.73 Å². The summed E-state index contributed by atoms with van der Waals surface area (Å²) in [7, 11) is 0. The normalized spacial score (nSPS) is 12.7. The average molecular weight is 210 g/mol. The van der Waals surface area contributed by atoms with Gasteiger partial charge >= 0.3 is 0 Å². The maximum Gasteiger partial charge on any atom is 0.123 e. The van der Waals surface area contributed by atoms with E-state index in [0.29, 0.717) is 12.6 Å². The van der Waals surface area contributed by atoms with E-state index in [0.717, 1.165) is 24.9 Å². The van der Waals surface area contributed by atoms with Crippen molar-refractivity contribution in [2.45, 2.75) is 25.8 Å². The minimum atomic E-state index is -0.178. The smallest absolute Gasteiger partial charge is 0.123 e. The standard InChI is InChI=1S/C12H19FN2/c1-10(6-8-14)15-9-7-11-2-4-12(13)5-3-11/h2-5,10,15H,6-9,14H2,1H3. The molecule has 3 heteroatoms. The number of hydrogen-bond donors (Lipinski definition) is 2. The molecule has 0 aliphatic rings. The molecule has 2 nitrogen and oxygen atoms in total. The summed E-state index contributed by atoms with van der Waals surface area (Å²) in [5, 5.41) is 3.37. The molecule has 3 N–H and O–H groups in total. The van der Waals surface area contributed by atoms with E-state index in [9.17, 15) is 4.39 Å². The Morgan fingerprint density at radius 1 is 1.33 bits per heavy atom. The van der Waals surface area contributed by atoms with Gasteiger partial charge in [0.1, 0.15) is 5.82 Å². The Bertz CT molecular complexity index is 271. The zero-order chi connectivity index (χ0) is 11.1. The van der Waals surface area contributed by atoms with Crippen molar-refractivity contribution >= 4 is 0 Å². The molecule has 0 aliphatic carbocycles. The molecule has 0 saturated heterocycles. The van der Waals surface area contributed by atoms with Crippen LogP contribution in [0.1, 0.15) is 18.9 Å². The van der Waals surface area contributed by atoms with Gasteiger partial charge < -0.3 is 11.1 Å². The van der Waals surface area contributed by atoms with E-state index >= 15 is 0 Å². The maximum absolute atomic E-state index is 12.6. The highest BCUT2D eigenvalue weighted by Gasteiger charge is 1.99. The van der Waals surface area contributed by atoms with Crippen molar-refractivity contribution in [1.82, 2.24) is 5.32 Å². The fourth-order valence-electron chi connectivity index (χ4n) is 1.47. The Balaban J connectivity index is 2.22. The number of hydrogen-bond acceptors (Lipinski definition) is 2. The molecule has 0 fully saturated rings. The van der Waals surface area contributed by atoms with E-state index in [1.165, 1.54) is 12.1 Å². The van der Waals surface area contributed by atoms with Crippen LogP contribution in [0.25, 0.3) is 0 Å². The lowest BCUT2D eigenvalue weighted by atomic mass is 10.1. The van der Waals surface area contributed by atoms with Gasteiger partial charge in [0.2, 0.25) is 0 Å². The number of halogens is 1. The van der Waals surface area contributed by atoms with Crippen LogP contribution >= 0.6 is 0 Å². The minimum Gasteiger partial charge on any atom is -0.330 e. The van der Waals surface area contributed by atoms with E-state index in [1.807, 2.05) is 12.1 Å². The van der Waals surface area contributed by atoms with Gasteiger partial charge in [-0.25, -0.2) is 4.39 Å². The first-order chi connectivity index (χ1) is 7.22. The molecule has 1 rings (SSSR count). The van der Waals surface area contributed by atoms with Crippen LogP contribution in [0, 0.1) is 5.82 Å². The first-order valence-electron chi connectivity index (χ1n) is 5.40. The van der Waals surface area contributed by atoms with Crippen molar-refractivity contribution in [1.29, 1.82) is 0 Å². The molecule has 0 saturated carbocycles. The fourth-order valence-corrected chi connectivity index (χ4v) is 1.47. The van der Waals surface area contributed by atoms with Crippen LogP contribution < -0.4 is 11.1 Å². The quantitative estimate of drug-likeness (QED) is 0.750. The molecule has 15 heavy (non-hydrogen) atoms. The van der Waals surface area contributed by atoms with Crippen molar-refractivity contribution in [3.63, 3.8) is 0 Å². The molecule has 1 atom stereocenters. The highest BCUT2D eigenvalue weighted by Crippen LogP contribution is 2.03. The summed E-state index contributed by atoms with van der Waals surface area (Å²) in [5.41, 5.74) is 6.60. The van der Waals surface area contributed by atoms with Crippen LogP contribution in [0.5, 0.6) is 0 Å². The van der Waals surface area contributed by atoms with Gasteiger partial charge in [-0.15, -0.1) is 0 Å². The number of nitrogens with one attached hydrogen (secondary N) is 1. The molecule has 1 aromatic carbocycles. The van der Waals surface area contributed by atoms with Gasteiger partial charge in [-0.3, -0.25) is 0 Å². The Labute approximate surface area is 90.7 Å². The molecule has 0 spiro atoms. The summed E-state index contributed by atoms with van der Waals surface area (Å²) in [6.45, 7) is 3.75. The van der Waals surface area contributed by atoms with Crippen LogP contribution in [0.3, 0.4) is 0 Å². The summed E-state index contributed by atoms with van der Waals surface area (Å²) in [5.74, 6) is -0.178. The SMILES string of the molecule is CC(CCN)NCCc1ccc(F)cc1. The van der Waals surface area contributed by atoms with Gasteiger partial charge in [0.05, 0.1) is 0 Å². The Morgan fingerprint density at radius 2 is 2.00 bits per heavy atom. The second-order valence-corrected chi connectivity index (χ2v) is 3.81. The molecular formula is C12H19FN2. The lowest BCUT2D eigenvalue weighted by Gasteiger charge is -2.12. The fraction of sp³-hybridized carbons (Fsp3) is 0.500. The monoisotopic (exact) mass is 210 g/mol. The third-order valence-electron chi connectivity index (χ3n) is 2.42. The summed E-state index contributed by atoms with van der Waals surface area (Å²) in [6.07, 6.45) is 1.92. The van der Waals surface area contributed by atoms with E-state index in [2.05, 4.69) is 12.2 Å². The van der Waals surface area contributed by atoms with Gasteiger partial charge in [0.25, 0.3) is 0 Å². The third-order valence-corrected chi connectivity index (χ3v) is 2.42. The summed E-state index contributed by atoms with van der Waals surface area (Å²) in [6, 6.07) is 7.10. The van der Waals surface area contributed by atoms with Crippen LogP contribution in [0.4, 0.5) is 4.39 Å². The van der Waals surface area contributed by atoms with Gasteiger partial charge in [-0.1, -0.05) is 12.1 Å². The Kier molecular flexibility index (Phi) is 5.29. The molecule has 0 heterocycles. The third kappa shape index (κ3) is 4.91. The van der Waals surface area contributed by atoms with Crippen molar-refractivity contribution in [2.75, 3.05) is 13.1 Å². The molecule has 0 bridgehead atoms. The first-order valence-corrected chi connectivity index (χ1v) is 5.40. The molecule has 0 radical (unpaired) electrons. The molecule has 1 aromatic rings. The average Bonchev–Trinajstić information content (AvgIpc) is 2.21. The van der Waals surface area contributed by atoms with Crippen LogP contribution in [-0.4, -0.2) is 19.1 Å². The molecule has 0 aliphatic heterocycles. The molecule has 1 unspecified atom stereocenters. The number of rotatable bonds is 6. The molecule has 0 amide bonds. The lowest BCUT2D eigenvalue weighted by molar-refractivity contribution is 0.523. The predicted molar refractivity (Wildman–Crippen MR) is 61.2 cm³/mol. The van der Waals surface area contributed by atoms with Crippen molar-refractivity contribution in [3.05, 3.63) is 35.6 Å². The topological polar surface area (TPSA) is 38.0 Å². The van der Waals surface area contributed by atoms with Crippen molar-refractivity contribution < 1.29 is 4.39 Å². The maximum atomic E-state index is 12.6. The zero-order valence-corrected chi connectivity index (χ0v) is 9.17. The molecular weight excluding hydrogens is 191 g/mol. The van der Waals surface area contributed by atoms with Gasteiger partial charge in [0.15, 0.2) is 0 Å². The van der Waals surface area contributed by atoms with E-state index in [1.54, 1.807) is 0 Å². The lowest BCUT2D eigenvalue weighted by Crippen LogP contribution is -2.30. The van der Waals surface area contributed by atoms with Crippen LogP contribution in [0.2, 0.25) is 0 Å². The summed E-state index contributed by atoms with van der Waals surface area (Å²) >= 11 is 0. The van der Waals surface area contributed by atoms with Gasteiger partial charge in [-0.2, -0.15) is 0 Å². The second-order valence-electron chi connectivity index (χ2n) is 3.81. The van der Waals surface area contributed by atoms with Gasteiger partial charge in [0, 0.05) is 6.04 Å². The minimum absolute atomic E-state index is 0.178. The molecule has 0 aromatic heterocycles. The summed E-state index contributed by atoms with van der Waals surface area (Å²) < 4.78 is 12.6. The Hall–Kier alpha value is -0.930. The second kappa shape index (κ2) is 6.53. The van der Waals surface area contributed by atoms with Gasteiger partial charge in [-0.05, 0) is 50.6 Å². The highest BCUT2D eigenvalue weighted by molar-refractivity contribution is 5.16. The molecule has 84 valence electrons.